The smallest absolute Gasteiger partial charge is 0.341 e. The number of hydrogen-bond acceptors (Lipinski definition) is 4. The molecule has 1 aromatic heterocycles. The van der Waals surface area contributed by atoms with Crippen molar-refractivity contribution in [2.45, 2.75) is 19.8 Å². The molecule has 0 saturated carbocycles. The third-order valence-electron chi connectivity index (χ3n) is 4.09. The Hall–Kier alpha value is -2.92. The minimum atomic E-state index is -0.420. The van der Waals surface area contributed by atoms with Crippen LogP contribution in [-0.4, -0.2) is 18.5 Å². The molecule has 0 atom stereocenters. The van der Waals surface area contributed by atoms with Crippen LogP contribution in [0.15, 0.2) is 66.0 Å². The van der Waals surface area contributed by atoms with Crippen LogP contribution in [0, 0.1) is 0 Å². The van der Waals surface area contributed by atoms with Gasteiger partial charge in [-0.05, 0) is 24.5 Å². The van der Waals surface area contributed by atoms with Crippen LogP contribution in [0.25, 0.3) is 11.1 Å². The summed E-state index contributed by atoms with van der Waals surface area (Å²) in [6.07, 6.45) is 1.00. The topological polar surface area (TPSA) is 55.4 Å². The second kappa shape index (κ2) is 9.14. The minimum absolute atomic E-state index is 0.120. The van der Waals surface area contributed by atoms with Gasteiger partial charge >= 0.3 is 5.97 Å². The molecule has 0 bridgehead atoms. The van der Waals surface area contributed by atoms with E-state index in [1.54, 1.807) is 6.92 Å². The van der Waals surface area contributed by atoms with Gasteiger partial charge in [0, 0.05) is 17.4 Å². The molecule has 0 radical (unpaired) electrons. The molecule has 0 aliphatic rings. The summed E-state index contributed by atoms with van der Waals surface area (Å²) in [5, 5.41) is 5.31. The number of aryl methyl sites for hydroxylation is 1. The summed E-state index contributed by atoms with van der Waals surface area (Å²) >= 11 is 1.34. The molecule has 0 fully saturated rings. The van der Waals surface area contributed by atoms with Crippen molar-refractivity contribution in [1.82, 2.24) is 0 Å². The van der Waals surface area contributed by atoms with E-state index in [0.717, 1.165) is 16.7 Å². The molecule has 0 aliphatic carbocycles. The van der Waals surface area contributed by atoms with Gasteiger partial charge in [0.25, 0.3) is 0 Å². The van der Waals surface area contributed by atoms with E-state index in [4.69, 9.17) is 4.74 Å². The lowest BCUT2D eigenvalue weighted by atomic mass is 10.0. The number of benzene rings is 2. The summed E-state index contributed by atoms with van der Waals surface area (Å²) in [5.41, 5.74) is 3.22. The molecule has 2 aromatic carbocycles. The number of esters is 1. The number of ether oxygens (including phenoxy) is 1. The van der Waals surface area contributed by atoms with Crippen LogP contribution < -0.4 is 5.32 Å². The Morgan fingerprint density at radius 2 is 1.67 bits per heavy atom. The zero-order valence-electron chi connectivity index (χ0n) is 15.1. The first-order chi connectivity index (χ1) is 13.2. The zero-order chi connectivity index (χ0) is 19.1. The van der Waals surface area contributed by atoms with E-state index in [9.17, 15) is 9.59 Å². The minimum Gasteiger partial charge on any atom is -0.462 e. The molecule has 0 saturated heterocycles. The maximum atomic E-state index is 12.5. The molecule has 138 valence electrons. The van der Waals surface area contributed by atoms with Crippen LogP contribution >= 0.6 is 11.3 Å². The second-order valence-corrected chi connectivity index (χ2v) is 6.85. The highest BCUT2D eigenvalue weighted by atomic mass is 32.1. The molecule has 1 heterocycles. The lowest BCUT2D eigenvalue weighted by Gasteiger charge is -2.09. The van der Waals surface area contributed by atoms with Crippen molar-refractivity contribution in [2.75, 3.05) is 11.9 Å². The fraction of sp³-hybridized carbons (Fsp3) is 0.182. The maximum Gasteiger partial charge on any atom is 0.341 e. The number of anilines is 1. The molecule has 5 heteroatoms. The monoisotopic (exact) mass is 379 g/mol. The maximum absolute atomic E-state index is 12.5. The average Bonchev–Trinajstić information content (AvgIpc) is 3.11. The van der Waals surface area contributed by atoms with Crippen molar-refractivity contribution < 1.29 is 14.3 Å². The third-order valence-corrected chi connectivity index (χ3v) is 4.99. The highest BCUT2D eigenvalue weighted by Crippen LogP contribution is 2.36. The number of carbonyl (C=O) groups excluding carboxylic acids is 2. The highest BCUT2D eigenvalue weighted by molar-refractivity contribution is 7.15. The summed E-state index contributed by atoms with van der Waals surface area (Å²) in [4.78, 5) is 24.9. The Morgan fingerprint density at radius 3 is 2.33 bits per heavy atom. The first-order valence-corrected chi connectivity index (χ1v) is 9.74. The van der Waals surface area contributed by atoms with Gasteiger partial charge in [0.15, 0.2) is 0 Å². The fourth-order valence-electron chi connectivity index (χ4n) is 2.78. The van der Waals surface area contributed by atoms with Crippen LogP contribution in [0.2, 0.25) is 0 Å². The number of thiophene rings is 1. The van der Waals surface area contributed by atoms with Crippen molar-refractivity contribution in [3.63, 3.8) is 0 Å². The van der Waals surface area contributed by atoms with Gasteiger partial charge in [-0.2, -0.15) is 0 Å². The molecule has 1 amide bonds. The van der Waals surface area contributed by atoms with Gasteiger partial charge < -0.3 is 10.1 Å². The summed E-state index contributed by atoms with van der Waals surface area (Å²) < 4.78 is 5.22. The molecule has 3 rings (SSSR count). The van der Waals surface area contributed by atoms with E-state index in [2.05, 4.69) is 5.32 Å². The van der Waals surface area contributed by atoms with Crippen LogP contribution in [0.4, 0.5) is 5.00 Å². The van der Waals surface area contributed by atoms with Gasteiger partial charge in [0.2, 0.25) is 5.91 Å². The largest absolute Gasteiger partial charge is 0.462 e. The van der Waals surface area contributed by atoms with Gasteiger partial charge in [0.05, 0.1) is 6.61 Å². The number of rotatable bonds is 7. The van der Waals surface area contributed by atoms with Crippen molar-refractivity contribution in [1.29, 1.82) is 0 Å². The summed E-state index contributed by atoms with van der Waals surface area (Å²) in [6.45, 7) is 2.05. The first kappa shape index (κ1) is 18.9. The Bertz CT molecular complexity index is 904. The summed E-state index contributed by atoms with van der Waals surface area (Å²) in [7, 11) is 0. The zero-order valence-corrected chi connectivity index (χ0v) is 15.9. The summed E-state index contributed by atoms with van der Waals surface area (Å²) in [5.74, 6) is -0.540. The number of carbonyl (C=O) groups is 2. The Morgan fingerprint density at radius 1 is 1.00 bits per heavy atom. The predicted octanol–water partition coefficient (Wildman–Crippen LogP) is 5.16. The van der Waals surface area contributed by atoms with E-state index in [0.29, 0.717) is 23.4 Å². The average molecular weight is 379 g/mol. The van der Waals surface area contributed by atoms with Gasteiger partial charge in [-0.1, -0.05) is 60.7 Å². The normalized spacial score (nSPS) is 10.4. The van der Waals surface area contributed by atoms with Crippen molar-refractivity contribution >= 4 is 28.2 Å². The molecule has 0 unspecified atom stereocenters. The molecule has 4 nitrogen and oxygen atoms in total. The number of nitrogens with one attached hydrogen (secondary N) is 1. The highest BCUT2D eigenvalue weighted by Gasteiger charge is 2.22. The standard InChI is InChI=1S/C22H21NO3S/c1-2-26-22(25)20-18(17-11-7-4-8-12-17)15-27-21(20)23-19(24)14-13-16-9-5-3-6-10-16/h3-12,15H,2,13-14H2,1H3,(H,23,24). The van der Waals surface area contributed by atoms with Crippen LogP contribution in [0.3, 0.4) is 0 Å². The molecule has 0 spiro atoms. The molecule has 3 aromatic rings. The van der Waals surface area contributed by atoms with E-state index in [1.165, 1.54) is 11.3 Å². The Kier molecular flexibility index (Phi) is 6.39. The molecular weight excluding hydrogens is 358 g/mol. The summed E-state index contributed by atoms with van der Waals surface area (Å²) in [6, 6.07) is 19.5. The van der Waals surface area contributed by atoms with Gasteiger partial charge in [0.1, 0.15) is 10.6 Å². The Labute approximate surface area is 162 Å². The second-order valence-electron chi connectivity index (χ2n) is 5.97. The van der Waals surface area contributed by atoms with E-state index >= 15 is 0 Å². The third kappa shape index (κ3) is 4.83. The lowest BCUT2D eigenvalue weighted by Crippen LogP contribution is -2.15. The quantitative estimate of drug-likeness (QED) is 0.577. The predicted molar refractivity (Wildman–Crippen MR) is 109 cm³/mol. The fourth-order valence-corrected chi connectivity index (χ4v) is 3.75. The van der Waals surface area contributed by atoms with Gasteiger partial charge in [-0.25, -0.2) is 4.79 Å². The van der Waals surface area contributed by atoms with Gasteiger partial charge in [-0.15, -0.1) is 11.3 Å². The van der Waals surface area contributed by atoms with Crippen LogP contribution in [0.5, 0.6) is 0 Å². The SMILES string of the molecule is CCOC(=O)c1c(-c2ccccc2)csc1NC(=O)CCc1ccccc1. The van der Waals surface area contributed by atoms with E-state index in [-0.39, 0.29) is 12.5 Å². The first-order valence-electron chi connectivity index (χ1n) is 8.87. The molecule has 27 heavy (non-hydrogen) atoms. The van der Waals surface area contributed by atoms with Gasteiger partial charge in [-0.3, -0.25) is 4.79 Å². The lowest BCUT2D eigenvalue weighted by molar-refractivity contribution is -0.116. The molecule has 1 N–H and O–H groups in total. The number of hydrogen-bond donors (Lipinski definition) is 1. The van der Waals surface area contributed by atoms with Crippen molar-refractivity contribution in [3.05, 3.63) is 77.2 Å². The van der Waals surface area contributed by atoms with E-state index in [1.807, 2.05) is 66.0 Å². The van der Waals surface area contributed by atoms with Crippen LogP contribution in [-0.2, 0) is 16.0 Å². The van der Waals surface area contributed by atoms with Crippen molar-refractivity contribution in [2.24, 2.45) is 0 Å². The Balaban J connectivity index is 1.79. The van der Waals surface area contributed by atoms with Crippen LogP contribution in [0.1, 0.15) is 29.3 Å². The van der Waals surface area contributed by atoms with Crippen molar-refractivity contribution in [3.8, 4) is 11.1 Å². The number of amides is 1. The molecular formula is C22H21NO3S. The molecule has 0 aliphatic heterocycles. The van der Waals surface area contributed by atoms with E-state index < -0.39 is 5.97 Å².